The molecular weight excluding hydrogens is 336 g/mol. The minimum Gasteiger partial charge on any atom is -0.390 e. The molecule has 0 spiro atoms. The van der Waals surface area contributed by atoms with Gasteiger partial charge in [-0.15, -0.1) is 0 Å². The van der Waals surface area contributed by atoms with E-state index in [-0.39, 0.29) is 0 Å². The van der Waals surface area contributed by atoms with Crippen molar-refractivity contribution in [3.05, 3.63) is 0 Å². The van der Waals surface area contributed by atoms with Gasteiger partial charge >= 0.3 is 0 Å². The molecule has 0 aromatic carbocycles. The molecule has 0 unspecified atom stereocenters. The molecule has 0 atom stereocenters. The quantitative estimate of drug-likeness (QED) is 0.367. The summed E-state index contributed by atoms with van der Waals surface area (Å²) in [4.78, 5) is 0. The van der Waals surface area contributed by atoms with Crippen LogP contribution in [0.5, 0.6) is 0 Å². The van der Waals surface area contributed by atoms with E-state index in [1.54, 1.807) is 0 Å². The fraction of sp³-hybridized carbons (Fsp3) is 1.00. The van der Waals surface area contributed by atoms with E-state index in [1.807, 2.05) is 0 Å². The van der Waals surface area contributed by atoms with Gasteiger partial charge in [-0.3, -0.25) is 0 Å². The summed E-state index contributed by atoms with van der Waals surface area (Å²) >= 11 is 0. The van der Waals surface area contributed by atoms with Gasteiger partial charge in [0.05, 0.1) is 33.6 Å². The summed E-state index contributed by atoms with van der Waals surface area (Å²) in [5.74, 6) is 0.660. The maximum atomic E-state index is 10.1. The lowest BCUT2D eigenvalue weighted by atomic mass is 9.50. The van der Waals surface area contributed by atoms with Crippen LogP contribution in [0.3, 0.4) is 0 Å². The molecule has 26 heavy (non-hydrogen) atoms. The van der Waals surface area contributed by atoms with E-state index in [9.17, 15) is 30.6 Å². The molecule has 8 saturated carbocycles. The van der Waals surface area contributed by atoms with Crippen molar-refractivity contribution >= 4 is 0 Å². The van der Waals surface area contributed by atoms with Crippen LogP contribution in [0.1, 0.15) is 77.0 Å². The molecule has 0 aromatic rings. The van der Waals surface area contributed by atoms with Gasteiger partial charge in [-0.25, -0.2) is 0 Å². The van der Waals surface area contributed by atoms with Crippen LogP contribution in [0.25, 0.3) is 0 Å². The Hall–Kier alpha value is -0.240. The van der Waals surface area contributed by atoms with E-state index in [0.717, 1.165) is 38.5 Å². The molecule has 0 heterocycles. The van der Waals surface area contributed by atoms with E-state index >= 15 is 0 Å². The second kappa shape index (κ2) is 4.84. The Labute approximate surface area is 153 Å². The predicted molar refractivity (Wildman–Crippen MR) is 92.1 cm³/mol. The molecule has 6 N–H and O–H groups in total. The summed E-state index contributed by atoms with van der Waals surface area (Å²) in [7, 11) is 0. The summed E-state index contributed by atoms with van der Waals surface area (Å²) in [6.07, 6.45) is 7.48. The number of hydrogen-bond donors (Lipinski definition) is 6. The second-order valence-electron chi connectivity index (χ2n) is 11.4. The molecule has 6 nitrogen and oxygen atoms in total. The van der Waals surface area contributed by atoms with E-state index < -0.39 is 33.6 Å². The topological polar surface area (TPSA) is 121 Å². The molecule has 0 aromatic heterocycles. The first-order valence-corrected chi connectivity index (χ1v) is 10.2. The molecular formula is C20H32O6. The summed E-state index contributed by atoms with van der Waals surface area (Å²) < 4.78 is 0. The molecule has 8 aliphatic rings. The highest BCUT2D eigenvalue weighted by molar-refractivity contribution is 5.16. The molecule has 8 fully saturated rings. The average molecular weight is 368 g/mol. The number of rotatable bonds is 0. The normalized spacial score (nSPS) is 64.4. The van der Waals surface area contributed by atoms with Crippen LogP contribution >= 0.6 is 0 Å². The Bertz CT molecular complexity index is 478. The molecule has 0 saturated heterocycles. The Balaban J connectivity index is 0.000000115. The third kappa shape index (κ3) is 2.85. The molecule has 0 aliphatic heterocycles. The van der Waals surface area contributed by atoms with Gasteiger partial charge in [0.2, 0.25) is 0 Å². The van der Waals surface area contributed by atoms with Crippen LogP contribution in [0.4, 0.5) is 0 Å². The van der Waals surface area contributed by atoms with Crippen molar-refractivity contribution in [3.8, 4) is 0 Å². The van der Waals surface area contributed by atoms with Crippen molar-refractivity contribution in [2.75, 3.05) is 0 Å². The predicted octanol–water partition coefficient (Wildman–Crippen LogP) is 0.355. The Morgan fingerprint density at radius 1 is 0.346 bits per heavy atom. The van der Waals surface area contributed by atoms with Crippen LogP contribution in [0.15, 0.2) is 0 Å². The monoisotopic (exact) mass is 368 g/mol. The van der Waals surface area contributed by atoms with Crippen molar-refractivity contribution in [3.63, 3.8) is 0 Å². The molecule has 148 valence electrons. The minimum atomic E-state index is -0.775. The first-order chi connectivity index (χ1) is 11.8. The van der Waals surface area contributed by atoms with Crippen LogP contribution in [0, 0.1) is 11.8 Å². The number of hydrogen-bond acceptors (Lipinski definition) is 6. The van der Waals surface area contributed by atoms with Crippen LogP contribution in [-0.2, 0) is 0 Å². The number of aliphatic hydroxyl groups is 6. The van der Waals surface area contributed by atoms with Gasteiger partial charge in [-0.2, -0.15) is 0 Å². The third-order valence-corrected chi connectivity index (χ3v) is 7.96. The smallest absolute Gasteiger partial charge is 0.0705 e. The fourth-order valence-electron chi connectivity index (χ4n) is 8.57. The van der Waals surface area contributed by atoms with Crippen molar-refractivity contribution in [1.29, 1.82) is 0 Å². The highest BCUT2D eigenvalue weighted by Crippen LogP contribution is 2.60. The maximum absolute atomic E-state index is 10.1. The van der Waals surface area contributed by atoms with Gasteiger partial charge in [-0.05, 0) is 50.4 Å². The summed E-state index contributed by atoms with van der Waals surface area (Å²) in [6.45, 7) is 0. The van der Waals surface area contributed by atoms with Crippen molar-refractivity contribution in [2.45, 2.75) is 111 Å². The zero-order valence-corrected chi connectivity index (χ0v) is 15.3. The molecule has 8 rings (SSSR count). The van der Waals surface area contributed by atoms with E-state index in [0.29, 0.717) is 50.4 Å². The van der Waals surface area contributed by atoms with Gasteiger partial charge in [0.15, 0.2) is 0 Å². The zero-order chi connectivity index (χ0) is 18.6. The first kappa shape index (κ1) is 17.8. The lowest BCUT2D eigenvalue weighted by Crippen LogP contribution is -2.65. The third-order valence-electron chi connectivity index (χ3n) is 7.96. The van der Waals surface area contributed by atoms with Gasteiger partial charge in [0.25, 0.3) is 0 Å². The van der Waals surface area contributed by atoms with Crippen LogP contribution in [0.2, 0.25) is 0 Å². The second-order valence-corrected chi connectivity index (χ2v) is 11.4. The minimum absolute atomic E-state index is 0.330. The highest BCUT2D eigenvalue weighted by atomic mass is 16.3. The SMILES string of the molecule is OC12CC3CC(O)(C1)CC(O)(C3)C2.OC12CC3CC(O)(C1)CC(O)(C3)C2. The standard InChI is InChI=1S/2C10H16O3/c2*11-8-1-7-2-9(12,4-8)6-10(13,3-7)5-8/h2*7,11-13H,1-6H2. The average Bonchev–Trinajstić information content (AvgIpc) is 2.25. The largest absolute Gasteiger partial charge is 0.390 e. The fourth-order valence-corrected chi connectivity index (χ4v) is 8.57. The van der Waals surface area contributed by atoms with E-state index in [4.69, 9.17) is 0 Å². The summed E-state index contributed by atoms with van der Waals surface area (Å²) in [6, 6.07) is 0. The molecule has 8 aliphatic carbocycles. The van der Waals surface area contributed by atoms with E-state index in [2.05, 4.69) is 0 Å². The van der Waals surface area contributed by atoms with Crippen molar-refractivity contribution in [2.24, 2.45) is 11.8 Å². The maximum Gasteiger partial charge on any atom is 0.0705 e. The molecule has 0 amide bonds. The summed E-state index contributed by atoms with van der Waals surface area (Å²) in [5.41, 5.74) is -4.65. The molecule has 0 radical (unpaired) electrons. The Morgan fingerprint density at radius 3 is 0.615 bits per heavy atom. The highest BCUT2D eigenvalue weighted by Gasteiger charge is 2.63. The van der Waals surface area contributed by atoms with E-state index in [1.165, 1.54) is 0 Å². The van der Waals surface area contributed by atoms with Crippen molar-refractivity contribution in [1.82, 2.24) is 0 Å². The van der Waals surface area contributed by atoms with Crippen LogP contribution in [-0.4, -0.2) is 64.2 Å². The van der Waals surface area contributed by atoms with Gasteiger partial charge in [0, 0.05) is 38.5 Å². The molecule has 6 heteroatoms. The van der Waals surface area contributed by atoms with Crippen LogP contribution < -0.4 is 0 Å². The van der Waals surface area contributed by atoms with Gasteiger partial charge in [-0.1, -0.05) is 0 Å². The lowest BCUT2D eigenvalue weighted by molar-refractivity contribution is -0.254. The van der Waals surface area contributed by atoms with Crippen molar-refractivity contribution < 1.29 is 30.6 Å². The lowest BCUT2D eigenvalue weighted by Gasteiger charge is -2.61. The first-order valence-electron chi connectivity index (χ1n) is 10.2. The van der Waals surface area contributed by atoms with Gasteiger partial charge in [0.1, 0.15) is 0 Å². The summed E-state index contributed by atoms with van der Waals surface area (Å²) in [5, 5.41) is 60.7. The Kier molecular flexibility index (Phi) is 3.32. The molecule has 8 bridgehead atoms. The Morgan fingerprint density at radius 2 is 0.500 bits per heavy atom. The van der Waals surface area contributed by atoms with Gasteiger partial charge < -0.3 is 30.6 Å². The zero-order valence-electron chi connectivity index (χ0n) is 15.3.